The molecule has 3 rings (SSSR count). The average Bonchev–Trinajstić information content (AvgIpc) is 3.20. The zero-order valence-electron chi connectivity index (χ0n) is 16.6. The summed E-state index contributed by atoms with van der Waals surface area (Å²) in [6, 6.07) is 6.66. The van der Waals surface area contributed by atoms with Crippen LogP contribution in [0.1, 0.15) is 18.4 Å². The number of esters is 1. The number of ether oxygens (including phenoxy) is 1. The fourth-order valence-electron chi connectivity index (χ4n) is 3.00. The molecule has 0 bridgehead atoms. The molecule has 1 aliphatic rings. The molecule has 31 heavy (non-hydrogen) atoms. The lowest BCUT2D eigenvalue weighted by Gasteiger charge is -2.31. The van der Waals surface area contributed by atoms with Gasteiger partial charge in [-0.15, -0.1) is 10.2 Å². The Labute approximate surface area is 193 Å². The molecule has 1 atom stereocenters. The summed E-state index contributed by atoms with van der Waals surface area (Å²) in [6.07, 6.45) is 1.18. The third-order valence-electron chi connectivity index (χ3n) is 4.59. The lowest BCUT2D eigenvalue weighted by Crippen LogP contribution is -2.44. The number of aromatic nitrogens is 2. The molecule has 1 aromatic carbocycles. The van der Waals surface area contributed by atoms with Crippen molar-refractivity contribution in [3.8, 4) is 0 Å². The van der Waals surface area contributed by atoms with Crippen molar-refractivity contribution in [3.63, 3.8) is 0 Å². The molecule has 168 valence electrons. The summed E-state index contributed by atoms with van der Waals surface area (Å²) in [4.78, 5) is 23.9. The van der Waals surface area contributed by atoms with Crippen LogP contribution in [0, 0.1) is 5.92 Å². The van der Waals surface area contributed by atoms with Crippen LogP contribution in [0.25, 0.3) is 0 Å². The first-order chi connectivity index (χ1) is 14.8. The molecule has 0 saturated carbocycles. The maximum absolute atomic E-state index is 12.8. The molecular weight excluding hydrogens is 484 g/mol. The molecule has 1 saturated heterocycles. The minimum absolute atomic E-state index is 0.0993. The first kappa shape index (κ1) is 23.9. The van der Waals surface area contributed by atoms with Crippen molar-refractivity contribution in [2.45, 2.75) is 22.9 Å². The number of nitrogens with one attached hydrogen (secondary N) is 1. The highest BCUT2D eigenvalue weighted by Gasteiger charge is 2.32. The number of halogens is 1. The highest BCUT2D eigenvalue weighted by Crippen LogP contribution is 2.27. The maximum Gasteiger partial charge on any atom is 0.316 e. The number of hydrogen-bond acceptors (Lipinski definition) is 9. The molecule has 0 radical (unpaired) electrons. The van der Waals surface area contributed by atoms with Crippen molar-refractivity contribution in [1.82, 2.24) is 14.5 Å². The quantitative estimate of drug-likeness (QED) is 0.331. The van der Waals surface area contributed by atoms with Crippen molar-refractivity contribution in [2.75, 3.05) is 31.3 Å². The number of carbonyl (C=O) groups is 2. The average molecular weight is 505 g/mol. The van der Waals surface area contributed by atoms with E-state index in [0.29, 0.717) is 39.4 Å². The summed E-state index contributed by atoms with van der Waals surface area (Å²) in [6.45, 7) is 0.497. The third-order valence-corrected chi connectivity index (χ3v) is 8.60. The minimum Gasteiger partial charge on any atom is -0.468 e. The minimum atomic E-state index is -3.56. The number of sulfonamides is 1. The van der Waals surface area contributed by atoms with E-state index in [1.807, 2.05) is 0 Å². The highest BCUT2D eigenvalue weighted by molar-refractivity contribution is 8.01. The molecule has 1 aliphatic heterocycles. The summed E-state index contributed by atoms with van der Waals surface area (Å²) in [5, 5.41) is 11.4. The second-order valence-electron chi connectivity index (χ2n) is 6.81. The van der Waals surface area contributed by atoms with Gasteiger partial charge in [-0.3, -0.25) is 9.59 Å². The Morgan fingerprint density at radius 2 is 2.06 bits per heavy atom. The van der Waals surface area contributed by atoms with Gasteiger partial charge in [-0.1, -0.05) is 46.8 Å². The van der Waals surface area contributed by atoms with E-state index in [1.165, 1.54) is 23.2 Å². The van der Waals surface area contributed by atoms with Gasteiger partial charge in [0.15, 0.2) is 4.34 Å². The van der Waals surface area contributed by atoms with Crippen molar-refractivity contribution in [1.29, 1.82) is 0 Å². The molecule has 2 aromatic rings. The number of amides is 1. The molecular formula is C18H21ClN4O5S3. The van der Waals surface area contributed by atoms with Crippen LogP contribution in [0.2, 0.25) is 5.02 Å². The van der Waals surface area contributed by atoms with E-state index in [-0.39, 0.29) is 29.9 Å². The predicted octanol–water partition coefficient (Wildman–Crippen LogP) is 2.64. The molecule has 1 amide bonds. The number of piperidine rings is 1. The van der Waals surface area contributed by atoms with Crippen molar-refractivity contribution >= 4 is 61.7 Å². The Kier molecular flexibility index (Phi) is 8.28. The van der Waals surface area contributed by atoms with E-state index in [4.69, 9.17) is 11.6 Å². The zero-order chi connectivity index (χ0) is 22.4. The van der Waals surface area contributed by atoms with Crippen LogP contribution in [0.3, 0.4) is 0 Å². The van der Waals surface area contributed by atoms with E-state index in [1.54, 1.807) is 24.3 Å². The van der Waals surface area contributed by atoms with Crippen LogP contribution in [0.15, 0.2) is 28.6 Å². The van der Waals surface area contributed by atoms with Gasteiger partial charge in [-0.2, -0.15) is 0 Å². The Hall–Kier alpha value is -1.73. The summed E-state index contributed by atoms with van der Waals surface area (Å²) in [5.74, 6) is -1.21. The zero-order valence-corrected chi connectivity index (χ0v) is 19.8. The van der Waals surface area contributed by atoms with Gasteiger partial charge < -0.3 is 10.1 Å². The molecule has 0 spiro atoms. The van der Waals surface area contributed by atoms with Crippen LogP contribution >= 0.6 is 34.7 Å². The molecule has 1 aromatic heterocycles. The molecule has 2 heterocycles. The second-order valence-corrected chi connectivity index (χ2v) is 11.4. The molecule has 1 unspecified atom stereocenters. The topological polar surface area (TPSA) is 119 Å². The maximum atomic E-state index is 12.8. The van der Waals surface area contributed by atoms with Crippen molar-refractivity contribution < 1.29 is 22.7 Å². The first-order valence-electron chi connectivity index (χ1n) is 9.33. The van der Waals surface area contributed by atoms with Crippen LogP contribution in [0.5, 0.6) is 0 Å². The summed E-state index contributed by atoms with van der Waals surface area (Å²) >= 11 is 8.17. The number of carbonyl (C=O) groups excluding carboxylic acids is 2. The van der Waals surface area contributed by atoms with E-state index in [9.17, 15) is 18.0 Å². The standard InChI is InChI=1S/C18H21ClN4O5S3/c1-28-15(24)10-29-18-22-21-17(30-18)20-16(25)13-3-2-8-23(9-13)31(26,27)11-12-4-6-14(19)7-5-12/h4-7,13H,2-3,8-11H2,1H3,(H,20,21,25). The number of nitrogens with zero attached hydrogens (tertiary/aromatic N) is 3. The Balaban J connectivity index is 1.57. The molecule has 13 heteroatoms. The number of hydrogen-bond donors (Lipinski definition) is 1. The second kappa shape index (κ2) is 10.7. The SMILES string of the molecule is COC(=O)CSc1nnc(NC(=O)C2CCCN(S(=O)(=O)Cc3ccc(Cl)cc3)C2)s1. The van der Waals surface area contributed by atoms with Gasteiger partial charge in [-0.25, -0.2) is 12.7 Å². The van der Waals surface area contributed by atoms with E-state index < -0.39 is 15.9 Å². The lowest BCUT2D eigenvalue weighted by molar-refractivity contribution is -0.137. The normalized spacial score (nSPS) is 17.3. The highest BCUT2D eigenvalue weighted by atomic mass is 35.5. The Morgan fingerprint density at radius 3 is 2.77 bits per heavy atom. The number of thioether (sulfide) groups is 1. The fourth-order valence-corrected chi connectivity index (χ4v) is 6.32. The van der Waals surface area contributed by atoms with Crippen LogP contribution < -0.4 is 5.32 Å². The smallest absolute Gasteiger partial charge is 0.316 e. The van der Waals surface area contributed by atoms with Gasteiger partial charge in [0, 0.05) is 18.1 Å². The molecule has 1 N–H and O–H groups in total. The van der Waals surface area contributed by atoms with Crippen molar-refractivity contribution in [3.05, 3.63) is 34.9 Å². The van der Waals surface area contributed by atoms with Gasteiger partial charge in [-0.05, 0) is 30.5 Å². The Bertz CT molecular complexity index is 1030. The number of rotatable bonds is 8. The van der Waals surface area contributed by atoms with Gasteiger partial charge in [0.25, 0.3) is 0 Å². The number of benzene rings is 1. The van der Waals surface area contributed by atoms with E-state index in [2.05, 4.69) is 20.3 Å². The monoisotopic (exact) mass is 504 g/mol. The molecule has 1 fully saturated rings. The number of anilines is 1. The summed E-state index contributed by atoms with van der Waals surface area (Å²) < 4.78 is 32.1. The molecule has 0 aliphatic carbocycles. The first-order valence-corrected chi connectivity index (χ1v) is 13.1. The molecule has 9 nitrogen and oxygen atoms in total. The van der Waals surface area contributed by atoms with E-state index in [0.717, 1.165) is 11.3 Å². The van der Waals surface area contributed by atoms with Gasteiger partial charge in [0.2, 0.25) is 21.1 Å². The lowest BCUT2D eigenvalue weighted by atomic mass is 9.99. The van der Waals surface area contributed by atoms with E-state index >= 15 is 0 Å². The van der Waals surface area contributed by atoms with Gasteiger partial charge >= 0.3 is 5.97 Å². The van der Waals surface area contributed by atoms with Crippen LogP contribution in [-0.4, -0.2) is 60.7 Å². The largest absolute Gasteiger partial charge is 0.468 e. The van der Waals surface area contributed by atoms with Crippen LogP contribution in [-0.2, 0) is 30.1 Å². The summed E-state index contributed by atoms with van der Waals surface area (Å²) in [7, 11) is -2.26. The van der Waals surface area contributed by atoms with Gasteiger partial charge in [0.05, 0.1) is 24.5 Å². The summed E-state index contributed by atoms with van der Waals surface area (Å²) in [5.41, 5.74) is 0.641. The predicted molar refractivity (Wildman–Crippen MR) is 120 cm³/mol. The van der Waals surface area contributed by atoms with Crippen molar-refractivity contribution in [2.24, 2.45) is 5.92 Å². The fraction of sp³-hybridized carbons (Fsp3) is 0.444. The van der Waals surface area contributed by atoms with Crippen LogP contribution in [0.4, 0.5) is 5.13 Å². The van der Waals surface area contributed by atoms with Gasteiger partial charge in [0.1, 0.15) is 0 Å². The Morgan fingerprint density at radius 1 is 1.32 bits per heavy atom. The third kappa shape index (κ3) is 6.88. The number of methoxy groups -OCH3 is 1.